The molecule has 1 aliphatic heterocycles. The van der Waals surface area contributed by atoms with Crippen LogP contribution in [0.1, 0.15) is 12.8 Å². The maximum atomic E-state index is 12.1. The highest BCUT2D eigenvalue weighted by molar-refractivity contribution is 7.89. The van der Waals surface area contributed by atoms with Crippen molar-refractivity contribution in [3.8, 4) is 0 Å². The molecule has 8 heteroatoms. The van der Waals surface area contributed by atoms with E-state index in [9.17, 15) is 13.2 Å². The van der Waals surface area contributed by atoms with E-state index in [-0.39, 0.29) is 16.8 Å². The number of carbonyl (C=O) groups excluding carboxylic acids is 1. The number of hydrogen-bond donors (Lipinski definition) is 4. The summed E-state index contributed by atoms with van der Waals surface area (Å²) in [6.07, 6.45) is 1.81. The number of hydrogen-bond acceptors (Lipinski definition) is 3. The molecule has 4 N–H and O–H groups in total. The van der Waals surface area contributed by atoms with E-state index in [1.807, 2.05) is 0 Å². The number of amides is 1. The zero-order chi connectivity index (χ0) is 17.2. The van der Waals surface area contributed by atoms with Gasteiger partial charge in [-0.3, -0.25) is 4.79 Å². The minimum atomic E-state index is -3.44. The lowest BCUT2D eigenvalue weighted by Crippen LogP contribution is -3.27. The Balaban J connectivity index is 1.52. The Bertz CT molecular complexity index is 678. The number of piperazine rings is 1. The molecular weight excluding hydrogens is 328 g/mol. The molecule has 1 saturated heterocycles. The quantitative estimate of drug-likeness (QED) is 0.455. The lowest BCUT2D eigenvalue weighted by molar-refractivity contribution is -0.999. The summed E-state index contributed by atoms with van der Waals surface area (Å²) in [6.45, 7) is 4.63. The number of quaternary nitrogens is 2. The summed E-state index contributed by atoms with van der Waals surface area (Å²) in [5.74, 6) is -0.0312. The predicted molar refractivity (Wildman–Crippen MR) is 90.6 cm³/mol. The number of sulfonamides is 1. The zero-order valence-electron chi connectivity index (χ0n) is 14.0. The summed E-state index contributed by atoms with van der Waals surface area (Å²) >= 11 is 0. The number of rotatable bonds is 6. The van der Waals surface area contributed by atoms with Crippen molar-refractivity contribution in [1.82, 2.24) is 4.72 Å². The maximum Gasteiger partial charge on any atom is 0.279 e. The van der Waals surface area contributed by atoms with Gasteiger partial charge in [0.1, 0.15) is 26.2 Å². The van der Waals surface area contributed by atoms with Crippen LogP contribution in [0, 0.1) is 0 Å². The molecule has 1 aliphatic carbocycles. The number of likely N-dealkylation sites (N-methyl/N-ethyl adjacent to an activating group) is 1. The van der Waals surface area contributed by atoms with Crippen molar-refractivity contribution >= 4 is 21.6 Å². The Morgan fingerprint density at radius 1 is 1.12 bits per heavy atom. The van der Waals surface area contributed by atoms with Crippen molar-refractivity contribution in [2.45, 2.75) is 23.8 Å². The first-order valence-corrected chi connectivity index (χ1v) is 9.98. The summed E-state index contributed by atoms with van der Waals surface area (Å²) < 4.78 is 26.8. The molecule has 0 spiro atoms. The second-order valence-electron chi connectivity index (χ2n) is 6.85. The number of benzene rings is 1. The molecule has 7 nitrogen and oxygen atoms in total. The Labute approximate surface area is 143 Å². The van der Waals surface area contributed by atoms with Gasteiger partial charge in [-0.25, -0.2) is 13.1 Å². The van der Waals surface area contributed by atoms with Crippen LogP contribution < -0.4 is 19.8 Å². The molecule has 1 heterocycles. The predicted octanol–water partition coefficient (Wildman–Crippen LogP) is -2.52. The summed E-state index contributed by atoms with van der Waals surface area (Å²) in [5.41, 5.74) is 0.629. The van der Waals surface area contributed by atoms with Crippen molar-refractivity contribution in [3.63, 3.8) is 0 Å². The third kappa shape index (κ3) is 4.76. The molecule has 24 heavy (non-hydrogen) atoms. The Morgan fingerprint density at radius 2 is 1.75 bits per heavy atom. The molecule has 0 radical (unpaired) electrons. The number of anilines is 1. The van der Waals surface area contributed by atoms with Gasteiger partial charge in [-0.05, 0) is 37.1 Å². The van der Waals surface area contributed by atoms with Gasteiger partial charge in [0, 0.05) is 11.7 Å². The molecule has 0 bridgehead atoms. The first-order valence-electron chi connectivity index (χ1n) is 8.49. The van der Waals surface area contributed by atoms with Crippen molar-refractivity contribution in [3.05, 3.63) is 24.3 Å². The summed E-state index contributed by atoms with van der Waals surface area (Å²) in [7, 11) is -1.27. The Morgan fingerprint density at radius 3 is 2.33 bits per heavy atom. The third-order valence-corrected chi connectivity index (χ3v) is 6.11. The molecular formula is C16H26N4O3S+2. The second kappa shape index (κ2) is 7.18. The summed E-state index contributed by atoms with van der Waals surface area (Å²) in [5, 5.41) is 2.85. The lowest BCUT2D eigenvalue weighted by atomic mass is 10.3. The zero-order valence-corrected chi connectivity index (χ0v) is 14.8. The lowest BCUT2D eigenvalue weighted by Gasteiger charge is -2.26. The van der Waals surface area contributed by atoms with Gasteiger partial charge in [-0.15, -0.1) is 0 Å². The van der Waals surface area contributed by atoms with Crippen molar-refractivity contribution in [1.29, 1.82) is 0 Å². The standard InChI is InChI=1S/C16H24N4O3S/c1-19-8-10-20(11-9-19)12-16(21)17-13-4-6-15(7-5-13)24(22,23)18-14-2-3-14/h4-7,14,18H,2-3,8-12H2,1H3,(H,17,21)/p+2. The molecule has 0 atom stereocenters. The average molecular weight is 354 g/mol. The van der Waals surface area contributed by atoms with E-state index in [4.69, 9.17) is 0 Å². The van der Waals surface area contributed by atoms with Gasteiger partial charge in [0.25, 0.3) is 5.91 Å². The van der Waals surface area contributed by atoms with E-state index in [0.29, 0.717) is 12.2 Å². The number of nitrogens with one attached hydrogen (secondary N) is 4. The van der Waals surface area contributed by atoms with Gasteiger partial charge in [-0.2, -0.15) is 0 Å². The fourth-order valence-electron chi connectivity index (χ4n) is 2.85. The highest BCUT2D eigenvalue weighted by atomic mass is 32.2. The summed E-state index contributed by atoms with van der Waals surface area (Å²) in [4.78, 5) is 15.2. The monoisotopic (exact) mass is 354 g/mol. The second-order valence-corrected chi connectivity index (χ2v) is 8.57. The van der Waals surface area contributed by atoms with E-state index in [1.165, 1.54) is 21.9 Å². The summed E-state index contributed by atoms with van der Waals surface area (Å²) in [6, 6.07) is 6.44. The van der Waals surface area contributed by atoms with Crippen LogP contribution >= 0.6 is 0 Å². The van der Waals surface area contributed by atoms with Crippen LogP contribution in [-0.4, -0.2) is 60.1 Å². The molecule has 2 aliphatic rings. The molecule has 1 aromatic carbocycles. The third-order valence-electron chi connectivity index (χ3n) is 4.57. The normalized spacial score (nSPS) is 24.5. The number of carbonyl (C=O) groups is 1. The van der Waals surface area contributed by atoms with Crippen LogP contribution in [0.5, 0.6) is 0 Å². The van der Waals surface area contributed by atoms with Gasteiger partial charge in [0.15, 0.2) is 6.54 Å². The van der Waals surface area contributed by atoms with E-state index in [0.717, 1.165) is 39.0 Å². The molecule has 0 unspecified atom stereocenters. The largest absolute Gasteiger partial charge is 0.328 e. The highest BCUT2D eigenvalue weighted by Crippen LogP contribution is 2.22. The smallest absolute Gasteiger partial charge is 0.279 e. The maximum absolute atomic E-state index is 12.1. The Kier molecular flexibility index (Phi) is 5.19. The molecule has 0 aromatic heterocycles. The average Bonchev–Trinajstić information content (AvgIpc) is 3.33. The van der Waals surface area contributed by atoms with Crippen molar-refractivity contribution < 1.29 is 23.0 Å². The van der Waals surface area contributed by atoms with Crippen LogP contribution in [0.4, 0.5) is 5.69 Å². The highest BCUT2D eigenvalue weighted by Gasteiger charge is 2.28. The minimum Gasteiger partial charge on any atom is -0.328 e. The molecule has 132 valence electrons. The SMILES string of the molecule is C[NH+]1CC[NH+](CC(=O)Nc2ccc(S(=O)(=O)NC3CC3)cc2)CC1. The first kappa shape index (κ1) is 17.3. The minimum absolute atomic E-state index is 0.0312. The van der Waals surface area contributed by atoms with Gasteiger partial charge < -0.3 is 15.1 Å². The van der Waals surface area contributed by atoms with Gasteiger partial charge >= 0.3 is 0 Å². The first-order chi connectivity index (χ1) is 11.4. The fraction of sp³-hybridized carbons (Fsp3) is 0.562. The van der Waals surface area contributed by atoms with Crippen LogP contribution in [0.15, 0.2) is 29.2 Å². The fourth-order valence-corrected chi connectivity index (χ4v) is 4.15. The van der Waals surface area contributed by atoms with Crippen LogP contribution in [0.2, 0.25) is 0 Å². The van der Waals surface area contributed by atoms with Crippen molar-refractivity contribution in [2.24, 2.45) is 0 Å². The van der Waals surface area contributed by atoms with Crippen LogP contribution in [0.25, 0.3) is 0 Å². The van der Waals surface area contributed by atoms with Crippen LogP contribution in [-0.2, 0) is 14.8 Å². The van der Waals surface area contributed by atoms with Crippen LogP contribution in [0.3, 0.4) is 0 Å². The van der Waals surface area contributed by atoms with E-state index in [1.54, 1.807) is 12.1 Å². The Hall–Kier alpha value is -1.48. The van der Waals surface area contributed by atoms with E-state index < -0.39 is 10.0 Å². The van der Waals surface area contributed by atoms with Gasteiger partial charge in [0.2, 0.25) is 10.0 Å². The molecule has 1 amide bonds. The molecule has 1 saturated carbocycles. The van der Waals surface area contributed by atoms with Gasteiger partial charge in [0.05, 0.1) is 11.9 Å². The van der Waals surface area contributed by atoms with Crippen molar-refractivity contribution in [2.75, 3.05) is 45.1 Å². The van der Waals surface area contributed by atoms with Gasteiger partial charge in [-0.1, -0.05) is 0 Å². The van der Waals surface area contributed by atoms with E-state index in [2.05, 4.69) is 17.1 Å². The molecule has 2 fully saturated rings. The van der Waals surface area contributed by atoms with E-state index >= 15 is 0 Å². The topological polar surface area (TPSA) is 84.2 Å². The molecule has 1 aromatic rings. The molecule has 3 rings (SSSR count).